The maximum Gasteiger partial charge on any atom is 0.156 e. The molecule has 6 nitrogen and oxygen atoms in total. The number of anilines is 3. The molecule has 6 heteroatoms. The molecule has 0 atom stereocenters. The number of para-hydroxylation sites is 1. The van der Waals surface area contributed by atoms with Crippen LogP contribution in [0.3, 0.4) is 0 Å². The largest absolute Gasteiger partial charge is 0.396 e. The molecule has 160 valence electrons. The van der Waals surface area contributed by atoms with Gasteiger partial charge in [0.1, 0.15) is 0 Å². The van der Waals surface area contributed by atoms with Gasteiger partial charge in [-0.05, 0) is 30.2 Å². The molecule has 3 aromatic rings. The van der Waals surface area contributed by atoms with Crippen LogP contribution in [0.4, 0.5) is 17.2 Å². The normalized spacial score (nSPS) is 14.3. The molecule has 31 heavy (non-hydrogen) atoms. The van der Waals surface area contributed by atoms with Crippen molar-refractivity contribution in [2.45, 2.75) is 6.42 Å². The fourth-order valence-electron chi connectivity index (χ4n) is 4.03. The van der Waals surface area contributed by atoms with Crippen LogP contribution < -0.4 is 10.6 Å². The van der Waals surface area contributed by atoms with Crippen molar-refractivity contribution in [1.29, 1.82) is 0 Å². The number of hydrogen-bond donors (Lipinski definition) is 1. The number of morpholine rings is 1. The second-order valence-corrected chi connectivity index (χ2v) is 7.60. The molecule has 0 radical (unpaired) electrons. The minimum Gasteiger partial charge on any atom is -0.396 e. The third-order valence-corrected chi connectivity index (χ3v) is 5.61. The van der Waals surface area contributed by atoms with E-state index in [4.69, 9.17) is 10.5 Å². The van der Waals surface area contributed by atoms with Gasteiger partial charge in [0.25, 0.3) is 0 Å². The van der Waals surface area contributed by atoms with Gasteiger partial charge in [-0.1, -0.05) is 42.5 Å². The SMILES string of the molecule is Nc1cccnc1N(CCCN1CCOCC1)c1ccccc1-c1ccccc1C=O. The van der Waals surface area contributed by atoms with E-state index in [1.807, 2.05) is 54.6 Å². The van der Waals surface area contributed by atoms with Crippen LogP contribution in [0.25, 0.3) is 11.1 Å². The number of nitrogens with two attached hydrogens (primary N) is 1. The van der Waals surface area contributed by atoms with Gasteiger partial charge in [-0.2, -0.15) is 0 Å². The highest BCUT2D eigenvalue weighted by atomic mass is 16.5. The molecule has 1 aromatic heterocycles. The van der Waals surface area contributed by atoms with Crippen LogP contribution in [0.5, 0.6) is 0 Å². The van der Waals surface area contributed by atoms with E-state index in [-0.39, 0.29) is 0 Å². The van der Waals surface area contributed by atoms with E-state index < -0.39 is 0 Å². The predicted octanol–water partition coefficient (Wildman–Crippen LogP) is 4.00. The summed E-state index contributed by atoms with van der Waals surface area (Å²) in [6.07, 6.45) is 3.63. The molecule has 0 spiro atoms. The van der Waals surface area contributed by atoms with Crippen LogP contribution in [0, 0.1) is 0 Å². The fourth-order valence-corrected chi connectivity index (χ4v) is 4.03. The fraction of sp³-hybridized carbons (Fsp3) is 0.280. The van der Waals surface area contributed by atoms with E-state index in [2.05, 4.69) is 20.9 Å². The van der Waals surface area contributed by atoms with E-state index >= 15 is 0 Å². The molecule has 0 amide bonds. The highest BCUT2D eigenvalue weighted by Gasteiger charge is 2.19. The van der Waals surface area contributed by atoms with Crippen LogP contribution in [-0.2, 0) is 4.74 Å². The van der Waals surface area contributed by atoms with Crippen molar-refractivity contribution in [3.05, 3.63) is 72.4 Å². The van der Waals surface area contributed by atoms with Gasteiger partial charge in [-0.15, -0.1) is 0 Å². The van der Waals surface area contributed by atoms with E-state index in [0.29, 0.717) is 11.3 Å². The van der Waals surface area contributed by atoms with Gasteiger partial charge in [0.2, 0.25) is 0 Å². The average molecular weight is 417 g/mol. The number of ether oxygens (including phenoxy) is 1. The summed E-state index contributed by atoms with van der Waals surface area (Å²) in [5.41, 5.74) is 10.5. The maximum atomic E-state index is 11.7. The lowest BCUT2D eigenvalue weighted by molar-refractivity contribution is 0.0377. The molecule has 0 unspecified atom stereocenters. The van der Waals surface area contributed by atoms with Gasteiger partial charge in [0.05, 0.1) is 24.6 Å². The molecule has 0 aliphatic carbocycles. The number of benzene rings is 2. The molecule has 1 aliphatic rings. The molecule has 2 heterocycles. The second-order valence-electron chi connectivity index (χ2n) is 7.60. The first kappa shape index (κ1) is 21.0. The molecular weight excluding hydrogens is 388 g/mol. The highest BCUT2D eigenvalue weighted by molar-refractivity contribution is 5.93. The Kier molecular flexibility index (Phi) is 6.92. The number of rotatable bonds is 8. The highest BCUT2D eigenvalue weighted by Crippen LogP contribution is 2.37. The Labute approximate surface area is 183 Å². The smallest absolute Gasteiger partial charge is 0.156 e. The monoisotopic (exact) mass is 416 g/mol. The van der Waals surface area contributed by atoms with Crippen LogP contribution in [0.2, 0.25) is 0 Å². The lowest BCUT2D eigenvalue weighted by atomic mass is 9.98. The van der Waals surface area contributed by atoms with Crippen molar-refractivity contribution in [1.82, 2.24) is 9.88 Å². The number of aromatic nitrogens is 1. The third-order valence-electron chi connectivity index (χ3n) is 5.61. The number of hydrogen-bond acceptors (Lipinski definition) is 6. The Bertz CT molecular complexity index is 1020. The molecule has 4 rings (SSSR count). The molecule has 0 bridgehead atoms. The summed E-state index contributed by atoms with van der Waals surface area (Å²) < 4.78 is 5.46. The van der Waals surface area contributed by atoms with E-state index in [0.717, 1.165) is 74.7 Å². The molecule has 1 saturated heterocycles. The number of aldehydes is 1. The zero-order valence-electron chi connectivity index (χ0n) is 17.6. The standard InChI is InChI=1S/C25H28N4O2/c26-23-10-5-12-27-25(23)29(14-6-13-28-15-17-31-18-16-28)24-11-4-3-9-22(24)21-8-2-1-7-20(21)19-30/h1-5,7-12,19H,6,13-18,26H2. The minimum absolute atomic E-state index is 0.632. The molecule has 2 N–H and O–H groups in total. The summed E-state index contributed by atoms with van der Waals surface area (Å²) >= 11 is 0. The second kappa shape index (κ2) is 10.2. The first-order valence-corrected chi connectivity index (χ1v) is 10.7. The number of nitrogen functional groups attached to an aromatic ring is 1. The number of nitrogens with zero attached hydrogens (tertiary/aromatic N) is 3. The van der Waals surface area contributed by atoms with Crippen molar-refractivity contribution in [3.63, 3.8) is 0 Å². The third kappa shape index (κ3) is 4.93. The van der Waals surface area contributed by atoms with Crippen molar-refractivity contribution in [2.75, 3.05) is 50.0 Å². The zero-order chi connectivity index (χ0) is 21.5. The molecule has 1 fully saturated rings. The van der Waals surface area contributed by atoms with Gasteiger partial charge >= 0.3 is 0 Å². The lowest BCUT2D eigenvalue weighted by Gasteiger charge is -2.30. The quantitative estimate of drug-likeness (QED) is 0.560. The number of pyridine rings is 1. The van der Waals surface area contributed by atoms with E-state index in [9.17, 15) is 4.79 Å². The average Bonchev–Trinajstić information content (AvgIpc) is 2.83. The van der Waals surface area contributed by atoms with Crippen molar-refractivity contribution in [2.24, 2.45) is 0 Å². The summed E-state index contributed by atoms with van der Waals surface area (Å²) in [7, 11) is 0. The first-order chi connectivity index (χ1) is 15.3. The van der Waals surface area contributed by atoms with Crippen LogP contribution in [-0.4, -0.2) is 55.6 Å². The van der Waals surface area contributed by atoms with Gasteiger partial charge in [0.15, 0.2) is 12.1 Å². The Balaban J connectivity index is 1.69. The Morgan fingerprint density at radius 2 is 1.74 bits per heavy atom. The summed E-state index contributed by atoms with van der Waals surface area (Å²) in [6.45, 7) is 5.27. The number of carbonyl (C=O) groups is 1. The Morgan fingerprint density at radius 3 is 2.52 bits per heavy atom. The Hall–Kier alpha value is -3.22. The maximum absolute atomic E-state index is 11.7. The molecule has 0 saturated carbocycles. The first-order valence-electron chi connectivity index (χ1n) is 10.7. The summed E-state index contributed by atoms with van der Waals surface area (Å²) in [4.78, 5) is 20.9. The number of carbonyl (C=O) groups excluding carboxylic acids is 1. The van der Waals surface area contributed by atoms with Gasteiger partial charge < -0.3 is 15.4 Å². The summed E-state index contributed by atoms with van der Waals surface area (Å²) in [5.74, 6) is 0.737. The van der Waals surface area contributed by atoms with Gasteiger partial charge in [0, 0.05) is 43.5 Å². The summed E-state index contributed by atoms with van der Waals surface area (Å²) in [5, 5.41) is 0. The Morgan fingerprint density at radius 1 is 1.00 bits per heavy atom. The van der Waals surface area contributed by atoms with E-state index in [1.165, 1.54) is 0 Å². The van der Waals surface area contributed by atoms with Crippen LogP contribution in [0.1, 0.15) is 16.8 Å². The topological polar surface area (TPSA) is 71.7 Å². The van der Waals surface area contributed by atoms with Crippen molar-refractivity contribution < 1.29 is 9.53 Å². The molecule has 1 aliphatic heterocycles. The predicted molar refractivity (Wildman–Crippen MR) is 125 cm³/mol. The van der Waals surface area contributed by atoms with Crippen molar-refractivity contribution in [3.8, 4) is 11.1 Å². The van der Waals surface area contributed by atoms with Crippen LogP contribution >= 0.6 is 0 Å². The van der Waals surface area contributed by atoms with Crippen molar-refractivity contribution >= 4 is 23.5 Å². The molecule has 2 aromatic carbocycles. The molecular formula is C25H28N4O2. The van der Waals surface area contributed by atoms with Gasteiger partial charge in [-0.25, -0.2) is 4.98 Å². The van der Waals surface area contributed by atoms with Gasteiger partial charge in [-0.3, -0.25) is 9.69 Å². The lowest BCUT2D eigenvalue weighted by Crippen LogP contribution is -2.38. The van der Waals surface area contributed by atoms with Crippen LogP contribution in [0.15, 0.2) is 66.9 Å². The minimum atomic E-state index is 0.632. The van der Waals surface area contributed by atoms with E-state index in [1.54, 1.807) is 6.20 Å². The zero-order valence-corrected chi connectivity index (χ0v) is 17.6. The summed E-state index contributed by atoms with van der Waals surface area (Å²) in [6, 6.07) is 19.5.